The van der Waals surface area contributed by atoms with Gasteiger partial charge in [-0.3, -0.25) is 9.55 Å². The number of halogens is 2. The molecule has 0 aliphatic carbocycles. The van der Waals surface area contributed by atoms with Crippen molar-refractivity contribution in [2.45, 2.75) is 52.4 Å². The van der Waals surface area contributed by atoms with Crippen LogP contribution < -0.4 is 0 Å². The lowest BCUT2D eigenvalue weighted by molar-refractivity contribution is 0.572. The Hall–Kier alpha value is -5.10. The monoisotopic (exact) mass is 610 g/mol. The number of aromatic nitrogens is 4. The van der Waals surface area contributed by atoms with Crippen LogP contribution in [0.4, 0.5) is 8.78 Å². The first-order chi connectivity index (χ1) is 21.9. The van der Waals surface area contributed by atoms with Crippen LogP contribution in [0.25, 0.3) is 61.4 Å². The molecule has 4 nitrogen and oxygen atoms in total. The third-order valence-corrected chi connectivity index (χ3v) is 8.63. The Kier molecular flexibility index (Phi) is 6.93. The molecular weight excluding hydrogens is 574 g/mol. The minimum atomic E-state index is -0.622. The van der Waals surface area contributed by atoms with Gasteiger partial charge in [0.15, 0.2) is 0 Å². The van der Waals surface area contributed by atoms with Crippen molar-refractivity contribution in [1.82, 2.24) is 19.5 Å². The summed E-state index contributed by atoms with van der Waals surface area (Å²) in [4.78, 5) is 13.5. The van der Waals surface area contributed by atoms with Gasteiger partial charge in [-0.25, -0.2) is 13.8 Å². The molecule has 0 fully saturated rings. The van der Waals surface area contributed by atoms with Crippen molar-refractivity contribution in [2.24, 2.45) is 0 Å². The Labute approximate surface area is 267 Å². The zero-order valence-corrected chi connectivity index (χ0v) is 26.9. The molecule has 0 unspecified atom stereocenters. The van der Waals surface area contributed by atoms with Gasteiger partial charge in [0.25, 0.3) is 0 Å². The molecule has 0 aliphatic rings. The van der Waals surface area contributed by atoms with E-state index in [9.17, 15) is 4.39 Å². The normalized spacial score (nSPS) is 12.3. The molecule has 7 aromatic rings. The standard InChI is InChI=1S/C40H36F2N4/c1-39(2,3)27-10-15-35-31(22-27)30-13-14-34(44-38(30)46(35)37-17-16-36(45-37)40(4,5)6)26-20-24(29-12-11-28(41)23-32(29)42)19-25(21-26)33-9-7-8-18-43-33/h7-23,45H,1-6H3. The van der Waals surface area contributed by atoms with Gasteiger partial charge in [0.2, 0.25) is 0 Å². The highest BCUT2D eigenvalue weighted by atomic mass is 19.1. The Balaban J connectivity index is 1.49. The highest BCUT2D eigenvalue weighted by Gasteiger charge is 2.22. The smallest absolute Gasteiger partial charge is 0.147 e. The second-order valence-corrected chi connectivity index (χ2v) is 14.0. The first-order valence-corrected chi connectivity index (χ1v) is 15.5. The SMILES string of the molecule is CC(C)(C)c1ccc2c(c1)c1ccc(-c3cc(-c4ccccn4)cc(-c4ccc(F)cc4F)c3)nc1n2-c1ccc(C(C)(C)C)[nH]1. The molecule has 0 saturated heterocycles. The number of nitrogens with zero attached hydrogens (tertiary/aromatic N) is 3. The predicted molar refractivity (Wildman–Crippen MR) is 184 cm³/mol. The molecule has 0 amide bonds. The number of aromatic amines is 1. The van der Waals surface area contributed by atoms with Crippen LogP contribution in [0.5, 0.6) is 0 Å². The average Bonchev–Trinajstić information content (AvgIpc) is 3.63. The highest BCUT2D eigenvalue weighted by Crippen LogP contribution is 2.38. The van der Waals surface area contributed by atoms with Gasteiger partial charge in [0.1, 0.15) is 23.1 Å². The first kappa shape index (κ1) is 29.6. The second-order valence-electron chi connectivity index (χ2n) is 14.0. The molecule has 0 radical (unpaired) electrons. The van der Waals surface area contributed by atoms with Crippen LogP contribution in [0.2, 0.25) is 0 Å². The maximum Gasteiger partial charge on any atom is 0.147 e. The van der Waals surface area contributed by atoms with Crippen LogP contribution >= 0.6 is 0 Å². The Morgan fingerprint density at radius 2 is 1.41 bits per heavy atom. The lowest BCUT2D eigenvalue weighted by Crippen LogP contribution is -2.12. The number of rotatable bonds is 4. The Morgan fingerprint density at radius 3 is 2.09 bits per heavy atom. The zero-order chi connectivity index (χ0) is 32.4. The molecule has 46 heavy (non-hydrogen) atoms. The molecule has 6 heteroatoms. The van der Waals surface area contributed by atoms with E-state index in [0.29, 0.717) is 11.1 Å². The molecule has 7 rings (SSSR count). The number of H-pyrrole nitrogens is 1. The van der Waals surface area contributed by atoms with Gasteiger partial charge in [-0.1, -0.05) is 53.7 Å². The number of hydrogen-bond acceptors (Lipinski definition) is 2. The average molecular weight is 611 g/mol. The van der Waals surface area contributed by atoms with E-state index in [1.165, 1.54) is 17.7 Å². The second kappa shape index (κ2) is 10.8. The van der Waals surface area contributed by atoms with E-state index in [1.807, 2.05) is 42.5 Å². The van der Waals surface area contributed by atoms with E-state index in [0.717, 1.165) is 62.0 Å². The first-order valence-electron chi connectivity index (χ1n) is 15.5. The molecule has 0 saturated carbocycles. The number of hydrogen-bond donors (Lipinski definition) is 1. The summed E-state index contributed by atoms with van der Waals surface area (Å²) in [5.74, 6) is -0.297. The molecule has 4 aromatic heterocycles. The Bertz CT molecular complexity index is 2250. The predicted octanol–water partition coefficient (Wildman–Crippen LogP) is 10.8. The van der Waals surface area contributed by atoms with Crippen molar-refractivity contribution < 1.29 is 8.78 Å². The van der Waals surface area contributed by atoms with Gasteiger partial charge < -0.3 is 4.98 Å². The van der Waals surface area contributed by atoms with Gasteiger partial charge >= 0.3 is 0 Å². The van der Waals surface area contributed by atoms with Gasteiger partial charge in [-0.15, -0.1) is 0 Å². The number of pyridine rings is 2. The molecule has 230 valence electrons. The van der Waals surface area contributed by atoms with E-state index in [1.54, 1.807) is 6.20 Å². The highest BCUT2D eigenvalue weighted by molar-refractivity contribution is 6.08. The summed E-state index contributed by atoms with van der Waals surface area (Å²) in [6.45, 7) is 13.2. The van der Waals surface area contributed by atoms with Gasteiger partial charge in [0.05, 0.1) is 16.9 Å². The van der Waals surface area contributed by atoms with Gasteiger partial charge in [-0.2, -0.15) is 0 Å². The van der Waals surface area contributed by atoms with Crippen molar-refractivity contribution >= 4 is 21.9 Å². The summed E-state index contributed by atoms with van der Waals surface area (Å²) < 4.78 is 31.1. The summed E-state index contributed by atoms with van der Waals surface area (Å²) >= 11 is 0. The van der Waals surface area contributed by atoms with E-state index >= 15 is 4.39 Å². The summed E-state index contributed by atoms with van der Waals surface area (Å²) in [6.07, 6.45) is 1.73. The maximum absolute atomic E-state index is 15.1. The quantitative estimate of drug-likeness (QED) is 0.216. The van der Waals surface area contributed by atoms with Crippen molar-refractivity contribution in [3.8, 4) is 39.5 Å². The largest absolute Gasteiger partial charge is 0.344 e. The van der Waals surface area contributed by atoms with Crippen LogP contribution in [0, 0.1) is 11.6 Å². The fraction of sp³-hybridized carbons (Fsp3) is 0.200. The van der Waals surface area contributed by atoms with Crippen LogP contribution in [0.15, 0.2) is 103 Å². The maximum atomic E-state index is 15.1. The summed E-state index contributed by atoms with van der Waals surface area (Å²) in [5.41, 5.74) is 8.23. The fourth-order valence-corrected chi connectivity index (χ4v) is 6.05. The fourth-order valence-electron chi connectivity index (χ4n) is 6.05. The molecule has 4 heterocycles. The topological polar surface area (TPSA) is 46.5 Å². The molecule has 0 atom stereocenters. The Morgan fingerprint density at radius 1 is 0.652 bits per heavy atom. The minimum Gasteiger partial charge on any atom is -0.344 e. The van der Waals surface area contributed by atoms with E-state index in [2.05, 4.69) is 92.5 Å². The van der Waals surface area contributed by atoms with Gasteiger partial charge in [-0.05, 0) is 95.4 Å². The molecule has 0 spiro atoms. The number of benzene rings is 3. The number of nitrogens with one attached hydrogen (secondary N) is 1. The van der Waals surface area contributed by atoms with E-state index in [-0.39, 0.29) is 10.8 Å². The molecule has 0 bridgehead atoms. The zero-order valence-electron chi connectivity index (χ0n) is 26.9. The van der Waals surface area contributed by atoms with Crippen molar-refractivity contribution in [1.29, 1.82) is 0 Å². The molecule has 3 aromatic carbocycles. The van der Waals surface area contributed by atoms with Gasteiger partial charge in [0, 0.05) is 50.8 Å². The third kappa shape index (κ3) is 5.28. The van der Waals surface area contributed by atoms with E-state index in [4.69, 9.17) is 4.98 Å². The van der Waals surface area contributed by atoms with Crippen LogP contribution in [-0.2, 0) is 10.8 Å². The summed E-state index contributed by atoms with van der Waals surface area (Å²) in [6, 6.07) is 30.3. The van der Waals surface area contributed by atoms with Crippen LogP contribution in [0.3, 0.4) is 0 Å². The minimum absolute atomic E-state index is 0.0141. The van der Waals surface area contributed by atoms with Crippen molar-refractivity contribution in [3.05, 3.63) is 126 Å². The molecular formula is C40H36F2N4. The van der Waals surface area contributed by atoms with Crippen molar-refractivity contribution in [2.75, 3.05) is 0 Å². The lowest BCUT2D eigenvalue weighted by atomic mass is 9.86. The van der Waals surface area contributed by atoms with Crippen LogP contribution in [-0.4, -0.2) is 19.5 Å². The summed E-state index contributed by atoms with van der Waals surface area (Å²) in [5, 5.41) is 2.17. The van der Waals surface area contributed by atoms with Crippen molar-refractivity contribution in [3.63, 3.8) is 0 Å². The summed E-state index contributed by atoms with van der Waals surface area (Å²) in [7, 11) is 0. The van der Waals surface area contributed by atoms with E-state index < -0.39 is 11.6 Å². The van der Waals surface area contributed by atoms with Crippen LogP contribution in [0.1, 0.15) is 52.8 Å². The number of fused-ring (bicyclic) bond motifs is 3. The molecule has 0 aliphatic heterocycles. The molecule has 1 N–H and O–H groups in total. The third-order valence-electron chi connectivity index (χ3n) is 8.63. The lowest BCUT2D eigenvalue weighted by Gasteiger charge is -2.19.